The molecule has 1 saturated carbocycles. The lowest BCUT2D eigenvalue weighted by atomic mass is 9.67. The summed E-state index contributed by atoms with van der Waals surface area (Å²) in [4.78, 5) is 5.96. The zero-order valence-electron chi connectivity index (χ0n) is 19.8. The van der Waals surface area contributed by atoms with Gasteiger partial charge in [-0.1, -0.05) is 66.2 Å². The smallest absolute Gasteiger partial charge is 0.142 e. The molecule has 2 aliphatic rings. The van der Waals surface area contributed by atoms with Gasteiger partial charge in [0.25, 0.3) is 0 Å². The molecule has 5 heteroatoms. The highest BCUT2D eigenvalue weighted by atomic mass is 16.6. The van der Waals surface area contributed by atoms with Crippen molar-refractivity contribution in [1.82, 2.24) is 5.32 Å². The van der Waals surface area contributed by atoms with Crippen LogP contribution in [0.15, 0.2) is 84.0 Å². The molecule has 0 spiro atoms. The molecule has 1 heterocycles. The molecule has 5 rings (SSSR count). The Morgan fingerprint density at radius 1 is 0.735 bits per heavy atom. The van der Waals surface area contributed by atoms with E-state index in [9.17, 15) is 0 Å². The Kier molecular flexibility index (Phi) is 6.82. The van der Waals surface area contributed by atoms with Crippen molar-refractivity contribution < 1.29 is 14.3 Å². The number of piperidine rings is 1. The van der Waals surface area contributed by atoms with Crippen LogP contribution in [0.3, 0.4) is 0 Å². The van der Waals surface area contributed by atoms with Crippen LogP contribution in [0.25, 0.3) is 0 Å². The van der Waals surface area contributed by atoms with Crippen LogP contribution in [0.2, 0.25) is 0 Å². The molecule has 0 aromatic heterocycles. The van der Waals surface area contributed by atoms with Crippen LogP contribution in [0.5, 0.6) is 11.5 Å². The van der Waals surface area contributed by atoms with E-state index in [2.05, 4.69) is 41.7 Å². The minimum atomic E-state index is 0.161. The van der Waals surface area contributed by atoms with Gasteiger partial charge in [0.2, 0.25) is 0 Å². The molecule has 1 saturated heterocycles. The first kappa shape index (κ1) is 22.5. The van der Waals surface area contributed by atoms with E-state index in [1.165, 1.54) is 23.3 Å². The average molecular weight is 457 g/mol. The maximum Gasteiger partial charge on any atom is 0.142 e. The Morgan fingerprint density at radius 2 is 1.26 bits per heavy atom. The fraction of sp³-hybridized carbons (Fsp3) is 0.345. The molecule has 3 aromatic carbocycles. The quantitative estimate of drug-likeness (QED) is 0.438. The Labute approximate surface area is 201 Å². The molecule has 176 valence electrons. The minimum Gasteiger partial charge on any atom is -0.497 e. The van der Waals surface area contributed by atoms with Gasteiger partial charge in [0.05, 0.1) is 19.9 Å². The third-order valence-corrected chi connectivity index (χ3v) is 7.15. The summed E-state index contributed by atoms with van der Waals surface area (Å²) in [5, 5.41) is 8.79. The molecular weight excluding hydrogens is 424 g/mol. The van der Waals surface area contributed by atoms with Crippen molar-refractivity contribution >= 4 is 5.71 Å². The molecule has 0 amide bonds. The van der Waals surface area contributed by atoms with Gasteiger partial charge in [-0.15, -0.1) is 0 Å². The first-order valence-electron chi connectivity index (χ1n) is 12.0. The molecule has 4 unspecified atom stereocenters. The molecule has 0 radical (unpaired) electrons. The Balaban J connectivity index is 1.48. The number of hydrogen-bond donors (Lipinski definition) is 1. The number of oxime groups is 1. The van der Waals surface area contributed by atoms with Crippen molar-refractivity contribution in [2.75, 3.05) is 14.2 Å². The van der Waals surface area contributed by atoms with Gasteiger partial charge in [0.1, 0.15) is 18.1 Å². The number of rotatable bonds is 7. The van der Waals surface area contributed by atoms with Gasteiger partial charge in [-0.2, -0.15) is 0 Å². The number of nitrogens with one attached hydrogen (secondary N) is 1. The summed E-state index contributed by atoms with van der Waals surface area (Å²) < 4.78 is 10.8. The second-order valence-electron chi connectivity index (χ2n) is 9.09. The topological polar surface area (TPSA) is 52.1 Å². The molecule has 1 aliphatic carbocycles. The van der Waals surface area contributed by atoms with Crippen LogP contribution >= 0.6 is 0 Å². The fourth-order valence-electron chi connectivity index (χ4n) is 5.40. The van der Waals surface area contributed by atoms with Gasteiger partial charge >= 0.3 is 0 Å². The van der Waals surface area contributed by atoms with Crippen molar-refractivity contribution in [3.8, 4) is 11.5 Å². The number of methoxy groups -OCH3 is 2. The molecule has 3 aromatic rings. The molecule has 5 nitrogen and oxygen atoms in total. The van der Waals surface area contributed by atoms with E-state index < -0.39 is 0 Å². The summed E-state index contributed by atoms with van der Waals surface area (Å²) in [7, 11) is 3.41. The van der Waals surface area contributed by atoms with Crippen LogP contribution < -0.4 is 14.8 Å². The van der Waals surface area contributed by atoms with E-state index in [1.807, 2.05) is 42.5 Å². The maximum atomic E-state index is 5.96. The predicted octanol–water partition coefficient (Wildman–Crippen LogP) is 6.08. The second-order valence-corrected chi connectivity index (χ2v) is 9.09. The van der Waals surface area contributed by atoms with E-state index in [-0.39, 0.29) is 12.1 Å². The minimum absolute atomic E-state index is 0.161. The summed E-state index contributed by atoms with van der Waals surface area (Å²) in [5.41, 5.74) is 4.81. The zero-order chi connectivity index (χ0) is 23.3. The summed E-state index contributed by atoms with van der Waals surface area (Å²) in [6, 6.07) is 27.4. The molecule has 2 bridgehead atoms. The third kappa shape index (κ3) is 4.66. The molecule has 1 aliphatic heterocycles. The lowest BCUT2D eigenvalue weighted by Gasteiger charge is -2.47. The average Bonchev–Trinajstić information content (AvgIpc) is 2.90. The first-order valence-corrected chi connectivity index (χ1v) is 12.0. The van der Waals surface area contributed by atoms with E-state index in [0.717, 1.165) is 29.9 Å². The van der Waals surface area contributed by atoms with Gasteiger partial charge in [-0.05, 0) is 53.8 Å². The van der Waals surface area contributed by atoms with E-state index in [4.69, 9.17) is 19.5 Å². The van der Waals surface area contributed by atoms with Crippen molar-refractivity contribution in [2.24, 2.45) is 17.0 Å². The van der Waals surface area contributed by atoms with Gasteiger partial charge in [-0.25, -0.2) is 0 Å². The third-order valence-electron chi connectivity index (χ3n) is 7.15. The SMILES string of the molecule is COc1ccc(C2NC(c3ccc(OC)cc3)C3CCCC2C3=NOCc2ccccc2)cc1. The molecule has 1 N–H and O–H groups in total. The van der Waals surface area contributed by atoms with E-state index in [1.54, 1.807) is 14.2 Å². The second kappa shape index (κ2) is 10.3. The molecular formula is C29H32N2O3. The first-order chi connectivity index (χ1) is 16.8. The Hall–Kier alpha value is -3.31. The fourth-order valence-corrected chi connectivity index (χ4v) is 5.40. The summed E-state index contributed by atoms with van der Waals surface area (Å²) in [6.07, 6.45) is 3.39. The van der Waals surface area contributed by atoms with Crippen molar-refractivity contribution in [2.45, 2.75) is 38.0 Å². The highest BCUT2D eigenvalue weighted by molar-refractivity contribution is 5.91. The van der Waals surface area contributed by atoms with Crippen LogP contribution in [0.1, 0.15) is 48.0 Å². The molecule has 34 heavy (non-hydrogen) atoms. The van der Waals surface area contributed by atoms with Crippen molar-refractivity contribution in [1.29, 1.82) is 0 Å². The molecule has 2 fully saturated rings. The maximum absolute atomic E-state index is 5.96. The number of hydrogen-bond acceptors (Lipinski definition) is 5. The van der Waals surface area contributed by atoms with Crippen LogP contribution in [-0.2, 0) is 11.4 Å². The van der Waals surface area contributed by atoms with E-state index >= 15 is 0 Å². The number of nitrogens with zero attached hydrogens (tertiary/aromatic N) is 1. The standard InChI is InChI=1S/C29H32N2O3/c1-32-23-15-11-21(12-16-23)27-25-9-6-10-26(28(30-27)22-13-17-24(33-2)18-14-22)29(25)31-34-19-20-7-4-3-5-8-20/h3-5,7-8,11-18,25-28,30H,6,9-10,19H2,1-2H3. The molecule has 4 atom stereocenters. The largest absolute Gasteiger partial charge is 0.497 e. The van der Waals surface area contributed by atoms with Crippen LogP contribution in [0, 0.1) is 11.8 Å². The summed E-state index contributed by atoms with van der Waals surface area (Å²) in [5.74, 6) is 2.34. The van der Waals surface area contributed by atoms with Gasteiger partial charge in [-0.3, -0.25) is 0 Å². The summed E-state index contributed by atoms with van der Waals surface area (Å²) >= 11 is 0. The van der Waals surface area contributed by atoms with Gasteiger partial charge < -0.3 is 19.6 Å². The van der Waals surface area contributed by atoms with Gasteiger partial charge in [0, 0.05) is 23.9 Å². The monoisotopic (exact) mass is 456 g/mol. The van der Waals surface area contributed by atoms with E-state index in [0.29, 0.717) is 18.4 Å². The number of fused-ring (bicyclic) bond motifs is 2. The zero-order valence-corrected chi connectivity index (χ0v) is 19.8. The Morgan fingerprint density at radius 3 is 1.76 bits per heavy atom. The lowest BCUT2D eigenvalue weighted by Crippen LogP contribution is -2.50. The van der Waals surface area contributed by atoms with Crippen molar-refractivity contribution in [3.63, 3.8) is 0 Å². The predicted molar refractivity (Wildman–Crippen MR) is 134 cm³/mol. The highest BCUT2D eigenvalue weighted by Gasteiger charge is 2.45. The lowest BCUT2D eigenvalue weighted by molar-refractivity contribution is 0.118. The van der Waals surface area contributed by atoms with Gasteiger partial charge in [0.15, 0.2) is 0 Å². The van der Waals surface area contributed by atoms with Crippen LogP contribution in [-0.4, -0.2) is 19.9 Å². The van der Waals surface area contributed by atoms with Crippen LogP contribution in [0.4, 0.5) is 0 Å². The van der Waals surface area contributed by atoms with Crippen molar-refractivity contribution in [3.05, 3.63) is 95.6 Å². The summed E-state index contributed by atoms with van der Waals surface area (Å²) in [6.45, 7) is 0.484. The highest BCUT2D eigenvalue weighted by Crippen LogP contribution is 2.47. The number of ether oxygens (including phenoxy) is 2. The normalized spacial score (nSPS) is 23.8. The number of benzene rings is 3. The Bertz CT molecular complexity index is 1030.